The fourth-order valence-corrected chi connectivity index (χ4v) is 15.4. The lowest BCUT2D eigenvalue weighted by Gasteiger charge is -2.18. The van der Waals surface area contributed by atoms with Crippen molar-refractivity contribution in [3.63, 3.8) is 0 Å². The topological polar surface area (TPSA) is 46.2 Å². The first kappa shape index (κ1) is 34.5. The summed E-state index contributed by atoms with van der Waals surface area (Å²) >= 11 is 14.7. The van der Waals surface area contributed by atoms with E-state index in [1.54, 1.807) is 0 Å². The molecule has 0 aromatic heterocycles. The quantitative estimate of drug-likeness (QED) is 0.239. The molecule has 0 spiro atoms. The van der Waals surface area contributed by atoms with Crippen LogP contribution in [-0.2, 0) is 14.2 Å². The second kappa shape index (κ2) is 16.9. The zero-order valence-electron chi connectivity index (χ0n) is 25.4. The van der Waals surface area contributed by atoms with Gasteiger partial charge in [-0.05, 0) is 47.9 Å². The summed E-state index contributed by atoms with van der Waals surface area (Å²) in [6.45, 7) is 3.96. The molecule has 3 aliphatic heterocycles. The van der Waals surface area contributed by atoms with Crippen LogP contribution in [0.1, 0.15) is 0 Å². The highest BCUT2D eigenvalue weighted by Crippen LogP contribution is 2.58. The first-order valence-electron chi connectivity index (χ1n) is 14.3. The molecular weight excluding hydrogens is 721 g/mol. The standard InChI is InChI=1S/C32H34O5S8/c1-38-29-30(39-2)43-27(42-29)23-19-7-5-9-21-24(19)26(28-44-31(40-3)32(41-4)45-28)25-20(23)8-6-10-22(25)37-18-16-35-14-12-33-11-13-34-15-17-36-21/h5-10H,11-18H2,1-4H3. The Balaban J connectivity index is 1.68. The molecule has 2 bridgehead atoms. The molecule has 6 rings (SSSR count). The van der Waals surface area contributed by atoms with E-state index in [2.05, 4.69) is 61.4 Å². The lowest BCUT2D eigenvalue weighted by Crippen LogP contribution is -2.20. The van der Waals surface area contributed by atoms with Gasteiger partial charge >= 0.3 is 0 Å². The minimum Gasteiger partial charge on any atom is -0.491 e. The van der Waals surface area contributed by atoms with Gasteiger partial charge in [0.15, 0.2) is 0 Å². The van der Waals surface area contributed by atoms with Crippen molar-refractivity contribution in [2.45, 2.75) is 0 Å². The maximum absolute atomic E-state index is 6.59. The highest BCUT2D eigenvalue weighted by molar-refractivity contribution is 8.46. The summed E-state index contributed by atoms with van der Waals surface area (Å²) in [5.41, 5.74) is 0. The molecule has 0 unspecified atom stereocenters. The molecule has 13 heteroatoms. The Morgan fingerprint density at radius 3 is 1.20 bits per heavy atom. The molecule has 3 heterocycles. The fourth-order valence-electron chi connectivity index (χ4n) is 5.14. The predicted octanol–water partition coefficient (Wildman–Crippen LogP) is 8.61. The van der Waals surface area contributed by atoms with Crippen LogP contribution in [0.5, 0.6) is 11.5 Å². The minimum atomic E-state index is 0.446. The molecule has 3 aromatic rings. The molecule has 240 valence electrons. The predicted molar refractivity (Wildman–Crippen MR) is 209 cm³/mol. The molecule has 0 fully saturated rings. The van der Waals surface area contributed by atoms with Crippen LogP contribution in [0.25, 0.3) is 30.0 Å². The molecule has 0 saturated heterocycles. The van der Waals surface area contributed by atoms with E-state index in [1.165, 1.54) is 46.6 Å². The fraction of sp³-hybridized carbons (Fsp3) is 0.375. The van der Waals surface area contributed by atoms with E-state index in [4.69, 9.17) is 23.7 Å². The zero-order chi connectivity index (χ0) is 31.2. The van der Waals surface area contributed by atoms with Crippen molar-refractivity contribution in [1.29, 1.82) is 0 Å². The van der Waals surface area contributed by atoms with Crippen molar-refractivity contribution in [2.24, 2.45) is 0 Å². The second-order valence-corrected chi connectivity index (χ2v) is 18.5. The van der Waals surface area contributed by atoms with E-state index in [0.29, 0.717) is 52.9 Å². The monoisotopic (exact) mass is 754 g/mol. The van der Waals surface area contributed by atoms with Crippen molar-refractivity contribution in [3.05, 3.63) is 63.8 Å². The molecule has 45 heavy (non-hydrogen) atoms. The number of benzene rings is 3. The Morgan fingerprint density at radius 2 is 0.822 bits per heavy atom. The third-order valence-corrected chi connectivity index (χ3v) is 17.5. The summed E-state index contributed by atoms with van der Waals surface area (Å²) in [4.78, 5) is 0. The molecule has 0 radical (unpaired) electrons. The lowest BCUT2D eigenvalue weighted by atomic mass is 9.97. The largest absolute Gasteiger partial charge is 0.491 e. The third kappa shape index (κ3) is 7.64. The number of hydrogen-bond acceptors (Lipinski definition) is 13. The lowest BCUT2D eigenvalue weighted by molar-refractivity contribution is 0.00509. The maximum Gasteiger partial charge on any atom is 0.127 e. The van der Waals surface area contributed by atoms with Gasteiger partial charge in [0.05, 0.1) is 65.1 Å². The Bertz CT molecular complexity index is 1640. The average molecular weight is 755 g/mol. The number of rotatable bonds is 4. The summed E-state index contributed by atoms with van der Waals surface area (Å²) in [5, 5.41) is 7.02. The van der Waals surface area contributed by atoms with E-state index in [0.717, 1.165) is 22.3 Å². The van der Waals surface area contributed by atoms with Gasteiger partial charge in [-0.15, -0.1) is 47.0 Å². The second-order valence-electron chi connectivity index (χ2n) is 9.59. The van der Waals surface area contributed by atoms with Crippen molar-refractivity contribution in [2.75, 3.05) is 77.9 Å². The van der Waals surface area contributed by atoms with Crippen LogP contribution in [0.4, 0.5) is 0 Å². The van der Waals surface area contributed by atoms with E-state index in [1.807, 2.05) is 94.1 Å². The first-order valence-corrected chi connectivity index (χ1v) is 22.5. The Hall–Kier alpha value is -0.320. The summed E-state index contributed by atoms with van der Waals surface area (Å²) in [7, 11) is 0. The van der Waals surface area contributed by atoms with Crippen molar-refractivity contribution in [1.82, 2.24) is 0 Å². The summed E-state index contributed by atoms with van der Waals surface area (Å²) in [5.74, 6) is 1.72. The molecule has 0 N–H and O–H groups in total. The van der Waals surface area contributed by atoms with Crippen molar-refractivity contribution in [3.8, 4) is 11.5 Å². The van der Waals surface area contributed by atoms with Gasteiger partial charge in [-0.1, -0.05) is 71.3 Å². The highest BCUT2D eigenvalue weighted by Gasteiger charge is 2.27. The van der Waals surface area contributed by atoms with Crippen molar-refractivity contribution < 1.29 is 23.7 Å². The summed E-state index contributed by atoms with van der Waals surface area (Å²) < 4.78 is 38.4. The molecule has 0 amide bonds. The Morgan fingerprint density at radius 1 is 0.467 bits per heavy atom. The van der Waals surface area contributed by atoms with Crippen LogP contribution in [0.15, 0.2) is 53.3 Å². The van der Waals surface area contributed by atoms with Gasteiger partial charge in [0, 0.05) is 21.2 Å². The van der Waals surface area contributed by atoms with Gasteiger partial charge in [-0.25, -0.2) is 0 Å². The molecule has 0 aliphatic carbocycles. The molecular formula is C32H34O5S8. The van der Waals surface area contributed by atoms with E-state index < -0.39 is 0 Å². The molecule has 0 atom stereocenters. The van der Waals surface area contributed by atoms with Gasteiger partial charge in [0.25, 0.3) is 0 Å². The molecule has 3 aliphatic rings. The number of thioether (sulfide) groups is 8. The minimum absolute atomic E-state index is 0.446. The number of hydrogen-bond donors (Lipinski definition) is 0. The van der Waals surface area contributed by atoms with E-state index in [-0.39, 0.29) is 0 Å². The van der Waals surface area contributed by atoms with Crippen LogP contribution in [0.2, 0.25) is 0 Å². The van der Waals surface area contributed by atoms with Gasteiger partial charge in [-0.2, -0.15) is 0 Å². The average Bonchev–Trinajstić information content (AvgIpc) is 3.69. The molecule has 0 saturated carbocycles. The van der Waals surface area contributed by atoms with Gasteiger partial charge in [0.1, 0.15) is 24.7 Å². The Labute approximate surface area is 298 Å². The zero-order valence-corrected chi connectivity index (χ0v) is 32.0. The van der Waals surface area contributed by atoms with Crippen LogP contribution < -0.4 is 19.9 Å². The molecule has 3 aromatic carbocycles. The van der Waals surface area contributed by atoms with Crippen LogP contribution >= 0.6 is 94.1 Å². The normalized spacial score (nSPS) is 19.1. The third-order valence-electron chi connectivity index (χ3n) is 7.03. The highest BCUT2D eigenvalue weighted by atomic mass is 32.3. The van der Waals surface area contributed by atoms with Crippen molar-refractivity contribution >= 4 is 124 Å². The Kier molecular flexibility index (Phi) is 12.9. The van der Waals surface area contributed by atoms with Gasteiger partial charge < -0.3 is 23.7 Å². The van der Waals surface area contributed by atoms with E-state index in [9.17, 15) is 0 Å². The first-order chi connectivity index (χ1) is 22.2. The smallest absolute Gasteiger partial charge is 0.127 e. The van der Waals surface area contributed by atoms with Crippen LogP contribution in [0.3, 0.4) is 0 Å². The van der Waals surface area contributed by atoms with Gasteiger partial charge in [0.2, 0.25) is 0 Å². The van der Waals surface area contributed by atoms with E-state index >= 15 is 0 Å². The van der Waals surface area contributed by atoms with Crippen LogP contribution in [-0.4, -0.2) is 77.9 Å². The summed E-state index contributed by atoms with van der Waals surface area (Å²) in [6.07, 6.45) is 8.66. The van der Waals surface area contributed by atoms with Crippen LogP contribution in [0, 0.1) is 0 Å². The number of ether oxygens (including phenoxy) is 5. The summed E-state index contributed by atoms with van der Waals surface area (Å²) in [6, 6.07) is 13.0. The van der Waals surface area contributed by atoms with Gasteiger partial charge in [-0.3, -0.25) is 0 Å². The molecule has 5 nitrogen and oxygen atoms in total. The maximum atomic E-state index is 6.59. The SMILES string of the molecule is CSC1=C(SC)SC(=c2c3cccc4c3c(=C3SC(SC)=C(SC)S3)c3c(cccc23)OCCOCCOCCOCCO4)S1.